The number of halogens is 3. The second kappa shape index (κ2) is 12.8. The number of likely N-dealkylation sites (tertiary alicyclic amines) is 1. The zero-order valence-electron chi connectivity index (χ0n) is 24.3. The van der Waals surface area contributed by atoms with E-state index in [-0.39, 0.29) is 22.9 Å². The molecule has 1 aromatic heterocycles. The average Bonchev–Trinajstić information content (AvgIpc) is 3.37. The maximum atomic E-state index is 13.6. The third kappa shape index (κ3) is 6.23. The molecule has 0 saturated carbocycles. The molecule has 2 aliphatic heterocycles. The van der Waals surface area contributed by atoms with E-state index >= 15 is 0 Å². The summed E-state index contributed by atoms with van der Waals surface area (Å²) in [5.74, 6) is -0.713. The van der Waals surface area contributed by atoms with Crippen LogP contribution < -0.4 is 15.7 Å². The summed E-state index contributed by atoms with van der Waals surface area (Å²) < 4.78 is 47.9. The van der Waals surface area contributed by atoms with Gasteiger partial charge in [0.1, 0.15) is 12.6 Å². The Hall–Kier alpha value is -4.90. The van der Waals surface area contributed by atoms with E-state index in [4.69, 9.17) is 14.6 Å². The topological polar surface area (TPSA) is 144 Å². The molecule has 0 amide bonds. The monoisotopic (exact) mass is 612 g/mol. The Morgan fingerprint density at radius 3 is 2.52 bits per heavy atom. The Morgan fingerprint density at radius 1 is 1.23 bits per heavy atom. The van der Waals surface area contributed by atoms with E-state index in [2.05, 4.69) is 23.3 Å². The third-order valence-corrected chi connectivity index (χ3v) is 7.99. The summed E-state index contributed by atoms with van der Waals surface area (Å²) in [5.41, 5.74) is 0.722. The number of carboxylic acid groups (broad SMARTS) is 1. The van der Waals surface area contributed by atoms with Crippen molar-refractivity contribution in [3.8, 4) is 6.07 Å². The highest BCUT2D eigenvalue weighted by Crippen LogP contribution is 2.44. The number of quaternary nitrogens is 1. The molecule has 1 saturated heterocycles. The molecule has 0 radical (unpaired) electrons. The van der Waals surface area contributed by atoms with Crippen molar-refractivity contribution in [3.05, 3.63) is 86.5 Å². The number of alkyl halides is 3. The van der Waals surface area contributed by atoms with Crippen molar-refractivity contribution < 1.29 is 37.1 Å². The number of piperidine rings is 1. The van der Waals surface area contributed by atoms with Gasteiger partial charge in [-0.3, -0.25) is 4.90 Å². The molecule has 0 aliphatic carbocycles. The number of nitrogens with one attached hydrogen (secondary N) is 1. The number of anilines is 2. The van der Waals surface area contributed by atoms with Gasteiger partial charge < -0.3 is 19.1 Å². The third-order valence-electron chi connectivity index (χ3n) is 7.99. The van der Waals surface area contributed by atoms with E-state index in [9.17, 15) is 28.0 Å². The Labute approximate surface area is 251 Å². The minimum Gasteiger partial charge on any atom is -0.554 e. The molecular weight excluding hydrogens is 581 g/mol. The molecule has 0 bridgehead atoms. The lowest BCUT2D eigenvalue weighted by Crippen LogP contribution is -2.47. The number of nitriles is 1. The van der Waals surface area contributed by atoms with Crippen molar-refractivity contribution in [2.75, 3.05) is 32.1 Å². The number of benzene rings is 2. The van der Waals surface area contributed by atoms with Gasteiger partial charge >= 0.3 is 17.8 Å². The summed E-state index contributed by atoms with van der Waals surface area (Å²) in [4.78, 5) is 36.3. The van der Waals surface area contributed by atoms with Crippen molar-refractivity contribution in [2.24, 2.45) is 0 Å². The average molecular weight is 613 g/mol. The molecule has 3 aromatic rings. The van der Waals surface area contributed by atoms with Gasteiger partial charge in [0, 0.05) is 23.4 Å². The number of rotatable bonds is 5. The summed E-state index contributed by atoms with van der Waals surface area (Å²) in [6.07, 6.45) is -1.32. The van der Waals surface area contributed by atoms with Crippen LogP contribution in [0.2, 0.25) is 0 Å². The van der Waals surface area contributed by atoms with Crippen LogP contribution in [0.25, 0.3) is 0 Å². The molecule has 14 heteroatoms. The number of carbonyl (C=O) groups excluding carboxylic acids is 2. The molecule has 0 spiro atoms. The van der Waals surface area contributed by atoms with Gasteiger partial charge in [-0.05, 0) is 62.1 Å². The van der Waals surface area contributed by atoms with Crippen LogP contribution in [-0.2, 0) is 27.0 Å². The van der Waals surface area contributed by atoms with E-state index in [1.54, 1.807) is 25.1 Å². The van der Waals surface area contributed by atoms with Crippen molar-refractivity contribution >= 4 is 24.1 Å². The fraction of sp³-hybridized carbons (Fsp3) is 0.367. The number of methoxy groups -OCH3 is 1. The van der Waals surface area contributed by atoms with Gasteiger partial charge in [0.05, 0.1) is 50.0 Å². The Bertz CT molecular complexity index is 1680. The summed E-state index contributed by atoms with van der Waals surface area (Å²) in [5, 5.41) is 24.5. The number of esters is 1. The van der Waals surface area contributed by atoms with Crippen molar-refractivity contribution in [1.29, 1.82) is 5.26 Å². The fourth-order valence-electron chi connectivity index (χ4n) is 6.00. The molecule has 3 heterocycles. The first-order valence-corrected chi connectivity index (χ1v) is 13.7. The summed E-state index contributed by atoms with van der Waals surface area (Å²) >= 11 is 0. The second-order valence-corrected chi connectivity index (χ2v) is 10.9. The predicted molar refractivity (Wildman–Crippen MR) is 150 cm³/mol. The maximum Gasteiger partial charge on any atom is 0.416 e. The van der Waals surface area contributed by atoms with E-state index in [0.717, 1.165) is 54.5 Å². The normalized spacial score (nSPS) is 17.6. The fourth-order valence-corrected chi connectivity index (χ4v) is 6.00. The number of H-pyrrole nitrogens is 1. The van der Waals surface area contributed by atoms with E-state index < -0.39 is 35.9 Å². The first-order valence-electron chi connectivity index (χ1n) is 13.7. The smallest absolute Gasteiger partial charge is 0.416 e. The molecule has 11 nitrogen and oxygen atoms in total. The number of ether oxygens (including phenoxy) is 1. The van der Waals surface area contributed by atoms with Crippen molar-refractivity contribution in [2.45, 2.75) is 44.9 Å². The predicted octanol–water partition coefficient (Wildman–Crippen LogP) is 3.15. The molecule has 1 fully saturated rings. The lowest BCUT2D eigenvalue weighted by molar-refractivity contribution is -0.926. The molecule has 2 aliphatic rings. The Morgan fingerprint density at radius 2 is 1.91 bits per heavy atom. The largest absolute Gasteiger partial charge is 0.554 e. The molecule has 232 valence electrons. The minimum atomic E-state index is -4.60. The number of hydrogen-bond donors (Lipinski definition) is 1. The van der Waals surface area contributed by atoms with Crippen LogP contribution in [0.3, 0.4) is 0 Å². The van der Waals surface area contributed by atoms with Crippen LogP contribution in [0.15, 0.2) is 58.5 Å². The summed E-state index contributed by atoms with van der Waals surface area (Å²) in [6, 6.07) is 10.9. The van der Waals surface area contributed by atoms with Gasteiger partial charge in [-0.15, -0.1) is 5.10 Å². The van der Waals surface area contributed by atoms with Gasteiger partial charge in [0.25, 0.3) is 0 Å². The van der Waals surface area contributed by atoms with Gasteiger partial charge in [-0.1, -0.05) is 12.1 Å². The lowest BCUT2D eigenvalue weighted by atomic mass is 9.89. The SMILES string of the molecule is COC(=O)C1=C(C)N(c2cccc(C(F)(F)F)c2)c2n[nH]c(=O)n2[C@@H]1c1ccc(C#N)cc1C[N+]1(C)CCCCC1.O=C[O-]. The van der Waals surface area contributed by atoms with Crippen molar-refractivity contribution in [3.63, 3.8) is 0 Å². The Balaban J connectivity index is 0.00000141. The molecule has 5 rings (SSSR count). The first kappa shape index (κ1) is 32.0. The summed E-state index contributed by atoms with van der Waals surface area (Å²) in [6.45, 7) is 3.54. The van der Waals surface area contributed by atoms with Crippen LogP contribution in [0.4, 0.5) is 24.8 Å². The zero-order valence-corrected chi connectivity index (χ0v) is 24.3. The van der Waals surface area contributed by atoms with Crippen LogP contribution in [0.1, 0.15) is 54.5 Å². The standard InChI is InChI=1S/C29H29F3N6O3.CH2O2/c1-18-24(26(39)41-3)25(23-11-10-19(16-33)14-20(23)17-38(2)12-5-4-6-13-38)37-27(34-35-28(37)40)36(18)22-9-7-8-21(15-22)29(30,31)32;2-1-3/h7-11,14-15,25H,4-6,12-13,17H2,1-3H3;1H,(H,2,3)/t25-;/m1./s1. The molecule has 1 N–H and O–H groups in total. The Kier molecular flexibility index (Phi) is 9.29. The minimum absolute atomic E-state index is 0.0261. The van der Waals surface area contributed by atoms with E-state index in [1.807, 2.05) is 0 Å². The maximum absolute atomic E-state index is 13.6. The van der Waals surface area contributed by atoms with Gasteiger partial charge in [-0.2, -0.15) is 18.4 Å². The molecular formula is C30H31F3N6O5. The van der Waals surface area contributed by atoms with Gasteiger partial charge in [-0.25, -0.2) is 19.3 Å². The van der Waals surface area contributed by atoms with E-state index in [0.29, 0.717) is 17.7 Å². The highest BCUT2D eigenvalue weighted by atomic mass is 19.4. The van der Waals surface area contributed by atoms with Gasteiger partial charge in [0.15, 0.2) is 0 Å². The van der Waals surface area contributed by atoms with E-state index in [1.165, 1.54) is 28.7 Å². The number of nitrogens with zero attached hydrogens (tertiary/aromatic N) is 5. The lowest BCUT2D eigenvalue weighted by Gasteiger charge is -2.40. The first-order chi connectivity index (χ1) is 20.9. The van der Waals surface area contributed by atoms with Crippen LogP contribution in [-0.4, -0.2) is 58.9 Å². The number of fused-ring (bicyclic) bond motifs is 1. The van der Waals surface area contributed by atoms with Crippen LogP contribution in [0.5, 0.6) is 0 Å². The zero-order chi connectivity index (χ0) is 32.2. The van der Waals surface area contributed by atoms with Crippen LogP contribution in [0, 0.1) is 11.3 Å². The van der Waals surface area contributed by atoms with Crippen LogP contribution >= 0.6 is 0 Å². The molecule has 2 aromatic carbocycles. The number of aromatic nitrogens is 3. The molecule has 1 atom stereocenters. The number of aromatic amines is 1. The van der Waals surface area contributed by atoms with Crippen molar-refractivity contribution in [1.82, 2.24) is 14.8 Å². The quantitative estimate of drug-likeness (QED) is 0.263. The summed E-state index contributed by atoms with van der Waals surface area (Å²) in [7, 11) is 3.36. The molecule has 44 heavy (non-hydrogen) atoms. The highest BCUT2D eigenvalue weighted by molar-refractivity contribution is 5.93. The number of carbonyl (C=O) groups is 2. The number of hydrogen-bond acceptors (Lipinski definition) is 8. The highest BCUT2D eigenvalue weighted by Gasteiger charge is 2.41. The number of allylic oxidation sites excluding steroid dienone is 1. The molecule has 0 unspecified atom stereocenters. The van der Waals surface area contributed by atoms with Gasteiger partial charge in [0.2, 0.25) is 5.95 Å². The second-order valence-electron chi connectivity index (χ2n) is 10.9.